The molecule has 1 amide bonds. The molecule has 2 N–H and O–H groups in total. The van der Waals surface area contributed by atoms with E-state index in [1.54, 1.807) is 36.4 Å². The first-order chi connectivity index (χ1) is 14.4. The number of halogens is 1. The Morgan fingerprint density at radius 2 is 1.87 bits per heavy atom. The van der Waals surface area contributed by atoms with E-state index in [1.807, 2.05) is 12.1 Å². The maximum atomic E-state index is 12.5. The maximum Gasteiger partial charge on any atom is 0.257 e. The zero-order chi connectivity index (χ0) is 21.1. The summed E-state index contributed by atoms with van der Waals surface area (Å²) in [7, 11) is -3.59. The highest BCUT2D eigenvalue weighted by Crippen LogP contribution is 2.24. The minimum absolute atomic E-state index is 0.0112. The Labute approximate surface area is 182 Å². The van der Waals surface area contributed by atoms with E-state index in [0.717, 1.165) is 17.3 Å². The van der Waals surface area contributed by atoms with Crippen molar-refractivity contribution in [1.29, 1.82) is 0 Å². The van der Waals surface area contributed by atoms with Gasteiger partial charge < -0.3 is 10.1 Å². The number of nitrogens with one attached hydrogen (secondary N) is 2. The van der Waals surface area contributed by atoms with E-state index < -0.39 is 15.9 Å². The van der Waals surface area contributed by atoms with Crippen molar-refractivity contribution in [2.75, 3.05) is 5.32 Å². The Morgan fingerprint density at radius 1 is 1.07 bits per heavy atom. The smallest absolute Gasteiger partial charge is 0.257 e. The van der Waals surface area contributed by atoms with Crippen molar-refractivity contribution >= 4 is 37.5 Å². The largest absolute Gasteiger partial charge is 0.439 e. The molecular formula is C21H18BrN3O4S. The summed E-state index contributed by atoms with van der Waals surface area (Å²) >= 11 is 3.37. The molecule has 0 aliphatic heterocycles. The molecule has 1 aromatic heterocycles. The SMILES string of the molecule is O=C(Nc1cccc(S(=O)(=O)NC2CC2)c1)c1ccc(Oc2cccc(Br)c2)nc1. The van der Waals surface area contributed by atoms with E-state index in [9.17, 15) is 13.2 Å². The van der Waals surface area contributed by atoms with Crippen LogP contribution in [0.2, 0.25) is 0 Å². The minimum atomic E-state index is -3.59. The molecule has 1 fully saturated rings. The van der Waals surface area contributed by atoms with E-state index in [0.29, 0.717) is 22.9 Å². The molecule has 0 spiro atoms. The van der Waals surface area contributed by atoms with Crippen molar-refractivity contribution < 1.29 is 17.9 Å². The van der Waals surface area contributed by atoms with Crippen LogP contribution in [0.25, 0.3) is 0 Å². The number of benzene rings is 2. The van der Waals surface area contributed by atoms with Crippen molar-refractivity contribution in [1.82, 2.24) is 9.71 Å². The summed E-state index contributed by atoms with van der Waals surface area (Å²) in [5, 5.41) is 2.70. The Bertz CT molecular complexity index is 1180. The van der Waals surface area contributed by atoms with Gasteiger partial charge >= 0.3 is 0 Å². The van der Waals surface area contributed by atoms with Gasteiger partial charge in [-0.25, -0.2) is 18.1 Å². The van der Waals surface area contributed by atoms with Gasteiger partial charge in [0.2, 0.25) is 15.9 Å². The molecule has 3 aromatic rings. The van der Waals surface area contributed by atoms with Crippen molar-refractivity contribution in [2.45, 2.75) is 23.8 Å². The average Bonchev–Trinajstić information content (AvgIpc) is 3.52. The highest BCUT2D eigenvalue weighted by molar-refractivity contribution is 9.10. The summed E-state index contributed by atoms with van der Waals surface area (Å²) in [6.07, 6.45) is 3.10. The van der Waals surface area contributed by atoms with Crippen LogP contribution in [0.4, 0.5) is 5.69 Å². The maximum absolute atomic E-state index is 12.5. The van der Waals surface area contributed by atoms with Gasteiger partial charge in [-0.3, -0.25) is 4.79 Å². The van der Waals surface area contributed by atoms with Crippen LogP contribution in [0, 0.1) is 0 Å². The number of sulfonamides is 1. The molecule has 4 rings (SSSR count). The fourth-order valence-electron chi connectivity index (χ4n) is 2.66. The number of anilines is 1. The lowest BCUT2D eigenvalue weighted by Gasteiger charge is -2.09. The Balaban J connectivity index is 1.43. The van der Waals surface area contributed by atoms with Crippen LogP contribution < -0.4 is 14.8 Å². The fourth-order valence-corrected chi connectivity index (χ4v) is 4.39. The summed E-state index contributed by atoms with van der Waals surface area (Å²) in [5.74, 6) is 0.567. The summed E-state index contributed by atoms with van der Waals surface area (Å²) in [6.45, 7) is 0. The normalized spacial score (nSPS) is 13.6. The molecule has 0 radical (unpaired) electrons. The standard InChI is InChI=1S/C21H18BrN3O4S/c22-15-3-1-5-18(11-15)29-20-10-7-14(13-23-20)21(26)24-17-4-2-6-19(12-17)30(27,28)25-16-8-9-16/h1-7,10-13,16,25H,8-9H2,(H,24,26). The number of pyridine rings is 1. The highest BCUT2D eigenvalue weighted by Gasteiger charge is 2.28. The Kier molecular flexibility index (Phi) is 5.85. The molecule has 0 bridgehead atoms. The van der Waals surface area contributed by atoms with Crippen LogP contribution in [0.5, 0.6) is 11.6 Å². The lowest BCUT2D eigenvalue weighted by atomic mass is 10.2. The monoisotopic (exact) mass is 487 g/mol. The molecule has 9 heteroatoms. The number of hydrogen-bond donors (Lipinski definition) is 2. The van der Waals surface area contributed by atoms with Gasteiger partial charge in [0.15, 0.2) is 0 Å². The Hall–Kier alpha value is -2.75. The number of ether oxygens (including phenoxy) is 1. The third-order valence-electron chi connectivity index (χ3n) is 4.32. The molecule has 0 unspecified atom stereocenters. The number of carbonyl (C=O) groups is 1. The molecule has 1 heterocycles. The molecule has 154 valence electrons. The van der Waals surface area contributed by atoms with Crippen LogP contribution in [-0.4, -0.2) is 25.4 Å². The number of nitrogens with zero attached hydrogens (tertiary/aromatic N) is 1. The van der Waals surface area contributed by atoms with Gasteiger partial charge in [-0.15, -0.1) is 0 Å². The molecule has 1 aliphatic rings. The first kappa shape index (κ1) is 20.5. The zero-order valence-corrected chi connectivity index (χ0v) is 18.1. The summed E-state index contributed by atoms with van der Waals surface area (Å²) in [6, 6.07) is 16.7. The van der Waals surface area contributed by atoms with Gasteiger partial charge in [-0.2, -0.15) is 0 Å². The van der Waals surface area contributed by atoms with E-state index >= 15 is 0 Å². The summed E-state index contributed by atoms with van der Waals surface area (Å²) in [4.78, 5) is 16.8. The minimum Gasteiger partial charge on any atom is -0.439 e. The number of rotatable bonds is 7. The third-order valence-corrected chi connectivity index (χ3v) is 6.33. The molecule has 0 saturated heterocycles. The molecule has 0 atom stereocenters. The van der Waals surface area contributed by atoms with Gasteiger partial charge in [-0.1, -0.05) is 28.1 Å². The molecule has 2 aromatic carbocycles. The van der Waals surface area contributed by atoms with Crippen molar-refractivity contribution in [3.63, 3.8) is 0 Å². The number of carbonyl (C=O) groups excluding carboxylic acids is 1. The first-order valence-electron chi connectivity index (χ1n) is 9.22. The first-order valence-corrected chi connectivity index (χ1v) is 11.5. The lowest BCUT2D eigenvalue weighted by Crippen LogP contribution is -2.25. The topological polar surface area (TPSA) is 97.4 Å². The van der Waals surface area contributed by atoms with Gasteiger partial charge in [-0.05, 0) is 55.3 Å². The van der Waals surface area contributed by atoms with Crippen LogP contribution in [0.3, 0.4) is 0 Å². The average molecular weight is 488 g/mol. The molecular weight excluding hydrogens is 470 g/mol. The predicted octanol–water partition coefficient (Wildman–Crippen LogP) is 4.33. The van der Waals surface area contributed by atoms with Gasteiger partial charge in [0, 0.05) is 28.5 Å². The quantitative estimate of drug-likeness (QED) is 0.516. The zero-order valence-electron chi connectivity index (χ0n) is 15.7. The third kappa shape index (κ3) is 5.24. The number of amides is 1. The summed E-state index contributed by atoms with van der Waals surface area (Å²) < 4.78 is 33.9. The predicted molar refractivity (Wildman–Crippen MR) is 116 cm³/mol. The Morgan fingerprint density at radius 3 is 2.57 bits per heavy atom. The second-order valence-electron chi connectivity index (χ2n) is 6.82. The fraction of sp³-hybridized carbons (Fsp3) is 0.143. The number of hydrogen-bond acceptors (Lipinski definition) is 5. The molecule has 30 heavy (non-hydrogen) atoms. The van der Waals surface area contributed by atoms with Crippen LogP contribution in [-0.2, 0) is 10.0 Å². The van der Waals surface area contributed by atoms with Gasteiger partial charge in [0.25, 0.3) is 5.91 Å². The summed E-state index contributed by atoms with van der Waals surface area (Å²) in [5.41, 5.74) is 0.703. The number of aromatic nitrogens is 1. The van der Waals surface area contributed by atoms with Gasteiger partial charge in [0.05, 0.1) is 10.5 Å². The van der Waals surface area contributed by atoms with Crippen LogP contribution in [0.15, 0.2) is 76.2 Å². The second-order valence-corrected chi connectivity index (χ2v) is 9.45. The van der Waals surface area contributed by atoms with Crippen molar-refractivity contribution in [3.8, 4) is 11.6 Å². The van der Waals surface area contributed by atoms with E-state index in [4.69, 9.17) is 4.74 Å². The van der Waals surface area contributed by atoms with Crippen molar-refractivity contribution in [2.24, 2.45) is 0 Å². The van der Waals surface area contributed by atoms with Crippen LogP contribution in [0.1, 0.15) is 23.2 Å². The lowest BCUT2D eigenvalue weighted by molar-refractivity contribution is 0.102. The molecule has 1 saturated carbocycles. The van der Waals surface area contributed by atoms with E-state index in [-0.39, 0.29) is 10.9 Å². The van der Waals surface area contributed by atoms with E-state index in [1.165, 1.54) is 18.3 Å². The second kappa shape index (κ2) is 8.55. The van der Waals surface area contributed by atoms with E-state index in [2.05, 4.69) is 31.0 Å². The van der Waals surface area contributed by atoms with Crippen LogP contribution >= 0.6 is 15.9 Å². The van der Waals surface area contributed by atoms with Gasteiger partial charge in [0.1, 0.15) is 5.75 Å². The highest BCUT2D eigenvalue weighted by atomic mass is 79.9. The molecule has 1 aliphatic carbocycles. The molecule has 7 nitrogen and oxygen atoms in total. The van der Waals surface area contributed by atoms with Crippen molar-refractivity contribution in [3.05, 3.63) is 76.9 Å².